The number of benzene rings is 1. The number of nitrogens with two attached hydrogens (primary N) is 1. The van der Waals surface area contributed by atoms with Gasteiger partial charge in [0.15, 0.2) is 0 Å². The van der Waals surface area contributed by atoms with Gasteiger partial charge in [-0.3, -0.25) is 4.79 Å². The average Bonchev–Trinajstić information content (AvgIpc) is 2.45. The summed E-state index contributed by atoms with van der Waals surface area (Å²) in [4.78, 5) is 11.6. The maximum atomic E-state index is 12.9. The smallest absolute Gasteiger partial charge is 0.337 e. The van der Waals surface area contributed by atoms with Crippen LogP contribution in [-0.4, -0.2) is 39.1 Å². The highest BCUT2D eigenvalue weighted by atomic mass is 32.2. The largest absolute Gasteiger partial charge is 0.346 e. The number of alkyl halides is 4. The summed E-state index contributed by atoms with van der Waals surface area (Å²) in [5.41, 5.74) is 4.87. The van der Waals surface area contributed by atoms with Gasteiger partial charge in [-0.1, -0.05) is 12.1 Å². The molecule has 3 N–H and O–H groups in total. The number of sulfone groups is 1. The van der Waals surface area contributed by atoms with Crippen molar-refractivity contribution in [2.45, 2.75) is 17.4 Å². The number of nitrogens with one attached hydrogen (secondary N) is 1. The van der Waals surface area contributed by atoms with E-state index in [-0.39, 0.29) is 11.1 Å². The molecular weight excluding hydrogens is 328 g/mol. The van der Waals surface area contributed by atoms with Gasteiger partial charge in [0.1, 0.15) is 0 Å². The van der Waals surface area contributed by atoms with Crippen LogP contribution in [-0.2, 0) is 15.6 Å². The summed E-state index contributed by atoms with van der Waals surface area (Å²) < 4.78 is 72.3. The monoisotopic (exact) mass is 342 g/mol. The van der Waals surface area contributed by atoms with E-state index < -0.39 is 46.3 Å². The standard InChI is InChI=1S/C12H14F4N2O3S/c13-11(14)22(20,21)5-8-1-3-9(4-2-8)10(19)18-7-12(15,16)6-17/h1-4,11H,5-7,17H2,(H,18,19). The summed E-state index contributed by atoms with van der Waals surface area (Å²) in [6.45, 7) is -1.86. The van der Waals surface area contributed by atoms with Crippen LogP contribution in [0.3, 0.4) is 0 Å². The molecule has 0 aliphatic heterocycles. The van der Waals surface area contributed by atoms with E-state index in [2.05, 4.69) is 0 Å². The number of amides is 1. The van der Waals surface area contributed by atoms with Gasteiger partial charge in [-0.2, -0.15) is 8.78 Å². The summed E-state index contributed by atoms with van der Waals surface area (Å²) in [5.74, 6) is -8.41. The summed E-state index contributed by atoms with van der Waals surface area (Å²) in [6.07, 6.45) is 0. The molecule has 22 heavy (non-hydrogen) atoms. The second kappa shape index (κ2) is 7.05. The second-order valence-electron chi connectivity index (χ2n) is 4.51. The van der Waals surface area contributed by atoms with Crippen LogP contribution < -0.4 is 11.1 Å². The minimum atomic E-state index is -4.56. The van der Waals surface area contributed by atoms with Crippen molar-refractivity contribution in [2.75, 3.05) is 13.1 Å². The van der Waals surface area contributed by atoms with E-state index >= 15 is 0 Å². The molecule has 0 atom stereocenters. The normalized spacial score (nSPS) is 12.5. The van der Waals surface area contributed by atoms with Crippen molar-refractivity contribution < 1.29 is 30.8 Å². The van der Waals surface area contributed by atoms with Crippen molar-refractivity contribution in [1.82, 2.24) is 5.32 Å². The van der Waals surface area contributed by atoms with Gasteiger partial charge in [-0.05, 0) is 17.7 Å². The van der Waals surface area contributed by atoms with Crippen LogP contribution in [0.2, 0.25) is 0 Å². The Kier molecular flexibility index (Phi) is 5.89. The highest BCUT2D eigenvalue weighted by Gasteiger charge is 2.27. The summed E-state index contributed by atoms with van der Waals surface area (Å²) in [7, 11) is -4.56. The molecule has 0 unspecified atom stereocenters. The van der Waals surface area contributed by atoms with E-state index in [1.54, 1.807) is 0 Å². The molecule has 1 aromatic rings. The van der Waals surface area contributed by atoms with E-state index in [9.17, 15) is 30.8 Å². The quantitative estimate of drug-likeness (QED) is 0.728. The lowest BCUT2D eigenvalue weighted by Crippen LogP contribution is -2.41. The van der Waals surface area contributed by atoms with Gasteiger partial charge in [0.05, 0.1) is 18.8 Å². The Morgan fingerprint density at radius 3 is 2.23 bits per heavy atom. The predicted molar refractivity (Wildman–Crippen MR) is 71.4 cm³/mol. The lowest BCUT2D eigenvalue weighted by atomic mass is 10.1. The molecular formula is C12H14F4N2O3S. The lowest BCUT2D eigenvalue weighted by molar-refractivity contribution is 0.0118. The predicted octanol–water partition coefficient (Wildman–Crippen LogP) is 1.15. The van der Waals surface area contributed by atoms with E-state index in [0.29, 0.717) is 0 Å². The number of carbonyl (C=O) groups excluding carboxylic acids is 1. The maximum absolute atomic E-state index is 12.9. The maximum Gasteiger partial charge on any atom is 0.337 e. The fourth-order valence-electron chi connectivity index (χ4n) is 1.43. The third-order valence-electron chi connectivity index (χ3n) is 2.66. The van der Waals surface area contributed by atoms with E-state index in [1.165, 1.54) is 0 Å². The first-order chi connectivity index (χ1) is 10.1. The van der Waals surface area contributed by atoms with Crippen LogP contribution >= 0.6 is 0 Å². The molecule has 0 heterocycles. The van der Waals surface area contributed by atoms with Gasteiger partial charge < -0.3 is 11.1 Å². The van der Waals surface area contributed by atoms with Crippen molar-refractivity contribution >= 4 is 15.7 Å². The Morgan fingerprint density at radius 2 is 1.77 bits per heavy atom. The number of hydrogen-bond acceptors (Lipinski definition) is 4. The molecule has 0 saturated heterocycles. The van der Waals surface area contributed by atoms with E-state index in [1.807, 2.05) is 5.32 Å². The third kappa shape index (κ3) is 5.26. The highest BCUT2D eigenvalue weighted by Crippen LogP contribution is 2.14. The average molecular weight is 342 g/mol. The first kappa shape index (κ1) is 18.4. The Labute approximate surface area is 124 Å². The Hall–Kier alpha value is -1.68. The molecule has 0 aliphatic rings. The fourth-order valence-corrected chi connectivity index (χ4v) is 2.21. The van der Waals surface area contributed by atoms with Crippen LogP contribution in [0.15, 0.2) is 24.3 Å². The van der Waals surface area contributed by atoms with Gasteiger partial charge in [0, 0.05) is 5.56 Å². The molecule has 124 valence electrons. The van der Waals surface area contributed by atoms with Crippen LogP contribution in [0.4, 0.5) is 17.6 Å². The zero-order valence-corrected chi connectivity index (χ0v) is 12.0. The molecule has 0 bridgehead atoms. The molecule has 0 aromatic heterocycles. The Balaban J connectivity index is 2.71. The minimum Gasteiger partial charge on any atom is -0.346 e. The first-order valence-corrected chi connectivity index (χ1v) is 7.74. The summed E-state index contributed by atoms with van der Waals surface area (Å²) in [6, 6.07) is 4.64. The number of carbonyl (C=O) groups is 1. The van der Waals surface area contributed by atoms with Crippen molar-refractivity contribution in [3.8, 4) is 0 Å². The molecule has 1 rings (SSSR count). The molecule has 10 heteroatoms. The molecule has 0 fully saturated rings. The molecule has 0 radical (unpaired) electrons. The van der Waals surface area contributed by atoms with Crippen LogP contribution in [0.25, 0.3) is 0 Å². The van der Waals surface area contributed by atoms with E-state index in [4.69, 9.17) is 5.73 Å². The first-order valence-electron chi connectivity index (χ1n) is 6.02. The zero-order chi connectivity index (χ0) is 17.0. The Morgan fingerprint density at radius 1 is 1.23 bits per heavy atom. The SMILES string of the molecule is NCC(F)(F)CNC(=O)c1ccc(CS(=O)(=O)C(F)F)cc1. The molecule has 0 saturated carbocycles. The van der Waals surface area contributed by atoms with Gasteiger partial charge >= 0.3 is 5.76 Å². The van der Waals surface area contributed by atoms with Crippen LogP contribution in [0, 0.1) is 0 Å². The van der Waals surface area contributed by atoms with Gasteiger partial charge in [0.2, 0.25) is 9.84 Å². The molecule has 0 spiro atoms. The number of halogens is 4. The molecule has 0 aliphatic carbocycles. The topological polar surface area (TPSA) is 89.3 Å². The molecule has 5 nitrogen and oxygen atoms in total. The lowest BCUT2D eigenvalue weighted by Gasteiger charge is -2.14. The minimum absolute atomic E-state index is 0.00832. The number of rotatable bonds is 7. The highest BCUT2D eigenvalue weighted by molar-refractivity contribution is 7.90. The van der Waals surface area contributed by atoms with Crippen molar-refractivity contribution in [3.63, 3.8) is 0 Å². The third-order valence-corrected chi connectivity index (χ3v) is 3.94. The fraction of sp³-hybridized carbons (Fsp3) is 0.417. The Bertz CT molecular complexity index is 618. The van der Waals surface area contributed by atoms with Crippen LogP contribution in [0.1, 0.15) is 15.9 Å². The van der Waals surface area contributed by atoms with Crippen LogP contribution in [0.5, 0.6) is 0 Å². The van der Waals surface area contributed by atoms with Crippen molar-refractivity contribution in [3.05, 3.63) is 35.4 Å². The zero-order valence-electron chi connectivity index (χ0n) is 11.2. The summed E-state index contributed by atoms with van der Waals surface area (Å²) >= 11 is 0. The van der Waals surface area contributed by atoms with Gasteiger partial charge in [0.25, 0.3) is 11.8 Å². The van der Waals surface area contributed by atoms with Crippen molar-refractivity contribution in [1.29, 1.82) is 0 Å². The second-order valence-corrected chi connectivity index (χ2v) is 6.48. The number of hydrogen-bond donors (Lipinski definition) is 2. The molecule has 1 amide bonds. The van der Waals surface area contributed by atoms with Gasteiger partial charge in [-0.25, -0.2) is 17.2 Å². The van der Waals surface area contributed by atoms with E-state index in [0.717, 1.165) is 24.3 Å². The molecule has 1 aromatic carbocycles. The van der Waals surface area contributed by atoms with Gasteiger partial charge in [-0.15, -0.1) is 0 Å². The summed E-state index contributed by atoms with van der Waals surface area (Å²) in [5, 5.41) is 1.97. The van der Waals surface area contributed by atoms with Crippen molar-refractivity contribution in [2.24, 2.45) is 5.73 Å².